The molecule has 0 radical (unpaired) electrons. The van der Waals surface area contributed by atoms with Crippen molar-refractivity contribution in [3.8, 4) is 11.5 Å². The molecule has 0 saturated carbocycles. The van der Waals surface area contributed by atoms with Gasteiger partial charge in [-0.3, -0.25) is 9.78 Å². The van der Waals surface area contributed by atoms with Crippen LogP contribution in [0, 0.1) is 6.92 Å². The van der Waals surface area contributed by atoms with Crippen molar-refractivity contribution in [3.63, 3.8) is 0 Å². The molecule has 1 heterocycles. The van der Waals surface area contributed by atoms with E-state index in [1.54, 1.807) is 50.5 Å². The summed E-state index contributed by atoms with van der Waals surface area (Å²) in [6.45, 7) is 3.97. The van der Waals surface area contributed by atoms with Crippen LogP contribution in [-0.4, -0.2) is 33.0 Å². The van der Waals surface area contributed by atoms with Crippen molar-refractivity contribution in [2.75, 3.05) is 19.0 Å². The SMILES string of the molecule is CCNS(=O)(=O)c1ccc(C)c(C(=O)Nc2ccc(OC)c(OCc3cccnc3)c2)c1. The van der Waals surface area contributed by atoms with Crippen molar-refractivity contribution < 1.29 is 22.7 Å². The Hall–Kier alpha value is -3.43. The zero-order valence-corrected chi connectivity index (χ0v) is 18.9. The Bertz CT molecular complexity index is 1200. The summed E-state index contributed by atoms with van der Waals surface area (Å²) >= 11 is 0. The third kappa shape index (κ3) is 5.63. The molecule has 2 N–H and O–H groups in total. The number of nitrogens with one attached hydrogen (secondary N) is 2. The molecule has 0 fully saturated rings. The summed E-state index contributed by atoms with van der Waals surface area (Å²) in [5.41, 5.74) is 2.28. The number of hydrogen-bond acceptors (Lipinski definition) is 6. The predicted molar refractivity (Wildman–Crippen MR) is 122 cm³/mol. The van der Waals surface area contributed by atoms with E-state index in [9.17, 15) is 13.2 Å². The lowest BCUT2D eigenvalue weighted by molar-refractivity contribution is 0.102. The van der Waals surface area contributed by atoms with E-state index in [1.807, 2.05) is 12.1 Å². The molecule has 168 valence electrons. The number of aryl methyl sites for hydroxylation is 1. The van der Waals surface area contributed by atoms with E-state index >= 15 is 0 Å². The highest BCUT2D eigenvalue weighted by atomic mass is 32.2. The van der Waals surface area contributed by atoms with E-state index in [0.29, 0.717) is 22.7 Å². The molecule has 0 aliphatic heterocycles. The maximum atomic E-state index is 12.9. The van der Waals surface area contributed by atoms with Crippen LogP contribution in [0.1, 0.15) is 28.4 Å². The monoisotopic (exact) mass is 455 g/mol. The Kier molecular flexibility index (Phi) is 7.45. The number of carbonyl (C=O) groups excluding carboxylic acids is 1. The van der Waals surface area contributed by atoms with E-state index in [0.717, 1.165) is 5.56 Å². The molecule has 3 rings (SSSR count). The maximum absolute atomic E-state index is 12.9. The minimum atomic E-state index is -3.68. The van der Waals surface area contributed by atoms with Crippen LogP contribution in [0.25, 0.3) is 0 Å². The van der Waals surface area contributed by atoms with Gasteiger partial charge in [-0.05, 0) is 42.8 Å². The van der Waals surface area contributed by atoms with E-state index < -0.39 is 15.9 Å². The van der Waals surface area contributed by atoms with Gasteiger partial charge in [-0.15, -0.1) is 0 Å². The summed E-state index contributed by atoms with van der Waals surface area (Å²) in [6.07, 6.45) is 3.39. The standard InChI is InChI=1S/C23H25N3O5S/c1-4-25-32(28,29)19-9-7-16(2)20(13-19)23(27)26-18-8-10-21(30-3)22(12-18)31-15-17-6-5-11-24-14-17/h5-14,25H,4,15H2,1-3H3,(H,26,27). The second-order valence-corrected chi connectivity index (χ2v) is 8.71. The van der Waals surface area contributed by atoms with Gasteiger partial charge in [0, 0.05) is 41.8 Å². The van der Waals surface area contributed by atoms with Gasteiger partial charge in [-0.2, -0.15) is 0 Å². The number of aromatic nitrogens is 1. The second-order valence-electron chi connectivity index (χ2n) is 6.95. The van der Waals surface area contributed by atoms with Gasteiger partial charge >= 0.3 is 0 Å². The first kappa shape index (κ1) is 23.2. The normalized spacial score (nSPS) is 11.1. The van der Waals surface area contributed by atoms with Crippen molar-refractivity contribution in [2.45, 2.75) is 25.3 Å². The first-order valence-corrected chi connectivity index (χ1v) is 11.4. The van der Waals surface area contributed by atoms with Gasteiger partial charge in [0.25, 0.3) is 5.91 Å². The third-order valence-corrected chi connectivity index (χ3v) is 6.18. The number of hydrogen-bond donors (Lipinski definition) is 2. The van der Waals surface area contributed by atoms with Crippen LogP contribution in [0.4, 0.5) is 5.69 Å². The molecule has 8 nitrogen and oxygen atoms in total. The molecule has 3 aromatic rings. The lowest BCUT2D eigenvalue weighted by Crippen LogP contribution is -2.24. The fraction of sp³-hybridized carbons (Fsp3) is 0.217. The molecule has 9 heteroatoms. The van der Waals surface area contributed by atoms with E-state index in [1.165, 1.54) is 19.2 Å². The Morgan fingerprint density at radius 1 is 1.09 bits per heavy atom. The molecular formula is C23H25N3O5S. The van der Waals surface area contributed by atoms with Gasteiger partial charge in [0.2, 0.25) is 10.0 Å². The molecule has 2 aromatic carbocycles. The van der Waals surface area contributed by atoms with Crippen molar-refractivity contribution in [1.29, 1.82) is 0 Å². The average molecular weight is 456 g/mol. The minimum Gasteiger partial charge on any atom is -0.493 e. The number of carbonyl (C=O) groups is 1. The highest BCUT2D eigenvalue weighted by Crippen LogP contribution is 2.31. The molecule has 32 heavy (non-hydrogen) atoms. The van der Waals surface area contributed by atoms with Crippen molar-refractivity contribution >= 4 is 21.6 Å². The number of ether oxygens (including phenoxy) is 2. The van der Waals surface area contributed by atoms with Crippen LogP contribution in [-0.2, 0) is 16.6 Å². The molecule has 1 amide bonds. The van der Waals surface area contributed by atoms with Gasteiger partial charge in [0.1, 0.15) is 6.61 Å². The molecule has 0 aliphatic rings. The van der Waals surface area contributed by atoms with Gasteiger partial charge in [-0.25, -0.2) is 13.1 Å². The van der Waals surface area contributed by atoms with Crippen LogP contribution < -0.4 is 19.5 Å². The summed E-state index contributed by atoms with van der Waals surface area (Å²) in [7, 11) is -2.15. The Morgan fingerprint density at radius 3 is 2.59 bits per heavy atom. The van der Waals surface area contributed by atoms with E-state index in [4.69, 9.17) is 9.47 Å². The molecule has 0 atom stereocenters. The van der Waals surface area contributed by atoms with Gasteiger partial charge in [0.15, 0.2) is 11.5 Å². The van der Waals surface area contributed by atoms with E-state index in [-0.39, 0.29) is 23.6 Å². The molecule has 1 aromatic heterocycles. The van der Waals surface area contributed by atoms with Crippen molar-refractivity contribution in [3.05, 3.63) is 77.6 Å². The number of pyridine rings is 1. The molecule has 0 unspecified atom stereocenters. The topological polar surface area (TPSA) is 107 Å². The van der Waals surface area contributed by atoms with Crippen molar-refractivity contribution in [1.82, 2.24) is 9.71 Å². The summed E-state index contributed by atoms with van der Waals surface area (Å²) in [5.74, 6) is 0.538. The number of amides is 1. The highest BCUT2D eigenvalue weighted by Gasteiger charge is 2.18. The summed E-state index contributed by atoms with van der Waals surface area (Å²) < 4.78 is 38.2. The smallest absolute Gasteiger partial charge is 0.255 e. The lowest BCUT2D eigenvalue weighted by atomic mass is 10.1. The second kappa shape index (κ2) is 10.3. The highest BCUT2D eigenvalue weighted by molar-refractivity contribution is 7.89. The van der Waals surface area contributed by atoms with Crippen LogP contribution in [0.15, 0.2) is 65.8 Å². The van der Waals surface area contributed by atoms with Crippen LogP contribution in [0.2, 0.25) is 0 Å². The largest absolute Gasteiger partial charge is 0.493 e. The van der Waals surface area contributed by atoms with Crippen LogP contribution in [0.3, 0.4) is 0 Å². The lowest BCUT2D eigenvalue weighted by Gasteiger charge is -2.14. The number of anilines is 1. The Morgan fingerprint density at radius 2 is 1.91 bits per heavy atom. The zero-order chi connectivity index (χ0) is 23.1. The maximum Gasteiger partial charge on any atom is 0.255 e. The summed E-state index contributed by atoms with van der Waals surface area (Å²) in [4.78, 5) is 17.0. The third-order valence-electron chi connectivity index (χ3n) is 4.64. The fourth-order valence-electron chi connectivity index (χ4n) is 3.00. The van der Waals surface area contributed by atoms with Gasteiger partial charge in [0.05, 0.1) is 12.0 Å². The number of rotatable bonds is 9. The summed E-state index contributed by atoms with van der Waals surface area (Å²) in [5, 5.41) is 2.80. The predicted octanol–water partition coefficient (Wildman–Crippen LogP) is 3.53. The number of nitrogens with zero attached hydrogens (tertiary/aromatic N) is 1. The first-order chi connectivity index (χ1) is 15.3. The fourth-order valence-corrected chi connectivity index (χ4v) is 4.06. The summed E-state index contributed by atoms with van der Waals surface area (Å²) in [6, 6.07) is 13.2. The molecule has 0 bridgehead atoms. The quantitative estimate of drug-likeness (QED) is 0.511. The number of benzene rings is 2. The zero-order valence-electron chi connectivity index (χ0n) is 18.1. The Labute approximate surface area is 187 Å². The van der Waals surface area contributed by atoms with Crippen LogP contribution in [0.5, 0.6) is 11.5 Å². The Balaban J connectivity index is 1.82. The number of sulfonamides is 1. The van der Waals surface area contributed by atoms with Gasteiger partial charge in [-0.1, -0.05) is 19.1 Å². The van der Waals surface area contributed by atoms with Gasteiger partial charge < -0.3 is 14.8 Å². The van der Waals surface area contributed by atoms with Crippen LogP contribution >= 0.6 is 0 Å². The van der Waals surface area contributed by atoms with Crippen molar-refractivity contribution in [2.24, 2.45) is 0 Å². The minimum absolute atomic E-state index is 0.0327. The molecule has 0 aliphatic carbocycles. The number of methoxy groups -OCH3 is 1. The first-order valence-electron chi connectivity index (χ1n) is 9.95. The molecule has 0 spiro atoms. The average Bonchev–Trinajstić information content (AvgIpc) is 2.78. The van der Waals surface area contributed by atoms with E-state index in [2.05, 4.69) is 15.0 Å². The molecular weight excluding hydrogens is 430 g/mol. The molecule has 0 saturated heterocycles.